The zero-order valence-electron chi connectivity index (χ0n) is 90.8. The molecule has 0 unspecified atom stereocenters. The van der Waals surface area contributed by atoms with E-state index in [4.69, 9.17) is 52.7 Å². The lowest BCUT2D eigenvalue weighted by Gasteiger charge is -2.18. The van der Waals surface area contributed by atoms with Gasteiger partial charge in [-0.1, -0.05) is 253 Å². The molecular weight excluding hydrogens is 1020 g/mol. The van der Waals surface area contributed by atoms with Crippen molar-refractivity contribution in [3.63, 3.8) is 0 Å². The molecule has 0 fully saturated rings. The molecule has 0 bridgehead atoms. The molecule has 0 atom stereocenters. The second-order valence-electron chi connectivity index (χ2n) is 18.5. The summed E-state index contributed by atoms with van der Waals surface area (Å²) in [5, 5.41) is -7.13. The minimum Gasteiger partial charge on any atom is -0.456 e. The van der Waals surface area contributed by atoms with Gasteiger partial charge in [-0.2, -0.15) is 0 Å². The highest BCUT2D eigenvalue weighted by Gasteiger charge is 2.21. The molecule has 2 nitrogen and oxygen atoms in total. The normalized spacial score (nSPS) is 19.7. The largest absolute Gasteiger partial charge is 0.456 e. The number of fused-ring (bicyclic) bond motifs is 11. The summed E-state index contributed by atoms with van der Waals surface area (Å²) < 4.78 is 438. The fraction of sp³-hybridized carbons (Fsp3) is 0.0244. The van der Waals surface area contributed by atoms with Gasteiger partial charge in [0.25, 0.3) is 0 Å². The summed E-state index contributed by atoms with van der Waals surface area (Å²) in [7, 11) is 0. The van der Waals surface area contributed by atoms with Crippen molar-refractivity contribution >= 4 is 97.7 Å². The maximum Gasteiger partial charge on any atom is 0.136 e. The molecule has 0 radical (unpaired) electrons. The fourth-order valence-electron chi connectivity index (χ4n) is 10.0. The minimum atomic E-state index is -0.902. The monoisotopic (exact) mass is 1120 g/mol. The molecule has 2 heteroatoms. The highest BCUT2D eigenvalue weighted by molar-refractivity contribution is 6.24. The molecule has 0 N–H and O–H groups in total. The fourth-order valence-corrected chi connectivity index (χ4v) is 10.0. The van der Waals surface area contributed by atoms with Crippen molar-refractivity contribution in [1.29, 1.82) is 0 Å². The zero-order valence-corrected chi connectivity index (χ0v) is 42.8. The summed E-state index contributed by atoms with van der Waals surface area (Å²) in [6.07, 6.45) is 0. The smallest absolute Gasteiger partial charge is 0.136 e. The first-order valence-corrected chi connectivity index (χ1v) is 25.1. The maximum absolute atomic E-state index is 9.71. The third kappa shape index (κ3) is 8.25. The van der Waals surface area contributed by atoms with E-state index in [2.05, 4.69) is 0 Å². The van der Waals surface area contributed by atoms with Crippen LogP contribution in [0.4, 0.5) is 0 Å². The quantitative estimate of drug-likeness (QED) is 0.155. The van der Waals surface area contributed by atoms with Gasteiger partial charge >= 0.3 is 0 Å². The third-order valence-corrected chi connectivity index (χ3v) is 13.6. The number of furan rings is 2. The predicted octanol–water partition coefficient (Wildman–Crippen LogP) is 23.6. The third-order valence-electron chi connectivity index (χ3n) is 13.6. The van der Waals surface area contributed by atoms with E-state index in [0.29, 0.717) is 0 Å². The van der Waals surface area contributed by atoms with E-state index in [9.17, 15) is 21.9 Å². The topological polar surface area (TPSA) is 26.3 Å². The lowest BCUT2D eigenvalue weighted by molar-refractivity contribution is 0.669. The SMILES string of the molecule is [2H]c1c([2H])c([2H])c(-c2c([2H])c([2H])c3c(oc4c([2H])c(-c5c6c([2H])c([2H])c([2H])c([2H])c6c(-c6c([2H])c([2H])c([2H])c([2H])c6[2H])c6c([2H])c([2H])c(C)c([2H])c56)c([2H])c([2H])c43)c2[2H])c([2H])c1[2H].[2H]c1c([2H])c([2H])c(-c2c3c([2H])c([2H])c([2H])c([2H])c3c(-c3c([2H])c([2H])c4c(oc5c([2H])c(-c6c([2H])c([2H])c([2H])c7c([2H])c([2H])c([2H])c([2H])c67)c([2H])c([2H])c54)c3[2H])c3c([2H])c(C)c([2H])c([2H])c23)c([2H])c1[2H]. The highest BCUT2D eigenvalue weighted by Crippen LogP contribution is 2.48. The van der Waals surface area contributed by atoms with E-state index in [1.54, 1.807) is 0 Å². The Bertz CT molecular complexity index is 8180. The van der Waals surface area contributed by atoms with Gasteiger partial charge in [0.15, 0.2) is 0 Å². The van der Waals surface area contributed by atoms with Gasteiger partial charge in [0.1, 0.15) is 22.3 Å². The van der Waals surface area contributed by atoms with Gasteiger partial charge in [-0.15, -0.1) is 0 Å². The van der Waals surface area contributed by atoms with E-state index >= 15 is 0 Å². The Hall–Kier alpha value is -10.8. The molecule has 0 aliphatic heterocycles. The Kier molecular flexibility index (Phi) is 4.90. The molecule has 0 aliphatic rings. The van der Waals surface area contributed by atoms with Crippen molar-refractivity contribution in [2.45, 2.75) is 13.8 Å². The Morgan fingerprint density at radius 1 is 0.214 bits per heavy atom. The van der Waals surface area contributed by atoms with Gasteiger partial charge in [-0.3, -0.25) is 0 Å². The summed E-state index contributed by atoms with van der Waals surface area (Å²) >= 11 is 0. The number of benzene rings is 15. The molecule has 394 valence electrons. The molecule has 0 saturated carbocycles. The van der Waals surface area contributed by atoms with Crippen LogP contribution < -0.4 is 0 Å². The van der Waals surface area contributed by atoms with Crippen molar-refractivity contribution in [2.75, 3.05) is 0 Å². The average molecular weight is 1120 g/mol. The van der Waals surface area contributed by atoms with E-state index in [1.807, 2.05) is 0 Å². The van der Waals surface area contributed by atoms with E-state index < -0.39 is 455 Å². The number of hydrogen-bond donors (Lipinski definition) is 0. The van der Waals surface area contributed by atoms with Crippen LogP contribution >= 0.6 is 0 Å². The van der Waals surface area contributed by atoms with Gasteiger partial charge in [0.05, 0.1) is 65.8 Å². The van der Waals surface area contributed by atoms with Crippen molar-refractivity contribution in [3.05, 3.63) is 301 Å². The molecule has 84 heavy (non-hydrogen) atoms. The first-order valence-electron chi connectivity index (χ1n) is 49.1. The van der Waals surface area contributed by atoms with Crippen LogP contribution in [0.3, 0.4) is 0 Å². The Labute approximate surface area is 554 Å². The molecule has 15 aromatic carbocycles. The lowest BCUT2D eigenvalue weighted by Crippen LogP contribution is -1.91. The van der Waals surface area contributed by atoms with Crippen molar-refractivity contribution in [3.8, 4) is 66.8 Å². The van der Waals surface area contributed by atoms with Crippen LogP contribution in [0.1, 0.15) is 76.9 Å². The summed E-state index contributed by atoms with van der Waals surface area (Å²) in [6, 6.07) is -38.7. The molecule has 17 rings (SSSR count). The van der Waals surface area contributed by atoms with Gasteiger partial charge < -0.3 is 8.83 Å². The van der Waals surface area contributed by atoms with Crippen LogP contribution in [0.25, 0.3) is 165 Å². The first-order chi connectivity index (χ1) is 61.5. The molecule has 0 amide bonds. The maximum atomic E-state index is 9.71. The highest BCUT2D eigenvalue weighted by atomic mass is 16.3. The molecular formula is C82H54O2. The van der Waals surface area contributed by atoms with Crippen molar-refractivity contribution < 1.29 is 74.6 Å². The van der Waals surface area contributed by atoms with Gasteiger partial charge in [-0.05, 0) is 183 Å². The van der Waals surface area contributed by atoms with E-state index in [1.165, 1.54) is 13.8 Å². The minimum absolute atomic E-state index is 0.171. The Morgan fingerprint density at radius 3 is 1.00 bits per heavy atom. The van der Waals surface area contributed by atoms with Crippen LogP contribution in [0.2, 0.25) is 0 Å². The van der Waals surface area contributed by atoms with E-state index in [-0.39, 0.29) is 11.1 Å². The predicted molar refractivity (Wildman–Crippen MR) is 357 cm³/mol. The summed E-state index contributed by atoms with van der Waals surface area (Å²) in [6.45, 7) is 2.57. The lowest BCUT2D eigenvalue weighted by atomic mass is 9.85. The molecule has 17 aromatic rings. The van der Waals surface area contributed by atoms with Crippen LogP contribution in [-0.2, 0) is 0 Å². The van der Waals surface area contributed by atoms with Gasteiger partial charge in [0.2, 0.25) is 0 Å². The van der Waals surface area contributed by atoms with Crippen LogP contribution in [0.15, 0.2) is 299 Å². The summed E-state index contributed by atoms with van der Waals surface area (Å²) in [5.41, 5.74) is -10.0. The van der Waals surface area contributed by atoms with Crippen LogP contribution in [-0.4, -0.2) is 0 Å². The molecule has 0 aliphatic carbocycles. The molecule has 2 heterocycles. The van der Waals surface area contributed by atoms with Gasteiger partial charge in [0, 0.05) is 21.5 Å². The second-order valence-corrected chi connectivity index (χ2v) is 18.5. The standard InChI is InChI=1S/C43H28O.C39H26O/c1-27-18-21-38-39(24-27)43(37-16-8-7-15-36(37)42(38)29-11-3-2-4-12-29)31-20-23-35-34-22-19-30(25-40(34)44-41(35)26-31)33-17-9-13-28-10-5-6-14-32(28)33;1-25-16-19-34-35(22-25)39(33-15-9-8-14-32(33)38(34)27-12-6-3-7-13-27)29-18-21-31-30-20-17-28(26-10-4-2-5-11-26)23-36(30)40-37(31)24-29/h2-26H,1H3;2-24H,1H3/i2D,3D,4D,5D,6D,7D,8D,9D,10D,11D,12D,13D,14D,15D,16D,17D,18D,19D,20D,21D,22D,23D,24D,25D,26D;2D,3D,4D,5D,6D,7D,8D,9D,10D,11D,12D,13D,14D,15D,16D,17D,18D,19D,20D,21D,22D,23D,24D. The zero-order chi connectivity index (χ0) is 97.6. The Morgan fingerprint density at radius 2 is 0.536 bits per heavy atom. The van der Waals surface area contributed by atoms with Crippen LogP contribution in [0.5, 0.6) is 0 Å². The molecule has 2 aromatic heterocycles. The summed E-state index contributed by atoms with van der Waals surface area (Å²) in [5.74, 6) is 0. The molecule has 0 saturated heterocycles. The van der Waals surface area contributed by atoms with Crippen molar-refractivity contribution in [2.24, 2.45) is 0 Å². The van der Waals surface area contributed by atoms with Gasteiger partial charge in [-0.25, -0.2) is 0 Å². The number of rotatable bonds is 6. The summed E-state index contributed by atoms with van der Waals surface area (Å²) in [4.78, 5) is 0. The second kappa shape index (κ2) is 20.0. The van der Waals surface area contributed by atoms with Crippen molar-refractivity contribution in [1.82, 2.24) is 0 Å². The number of hydrogen-bond acceptors (Lipinski definition) is 2. The first kappa shape index (κ1) is 20.6. The Balaban J connectivity index is 0.000000193. The van der Waals surface area contributed by atoms with Crippen LogP contribution in [0, 0.1) is 13.8 Å². The average Bonchev–Trinajstić information content (AvgIpc) is 0.770. The molecule has 0 spiro atoms. The van der Waals surface area contributed by atoms with E-state index in [0.717, 1.165) is 0 Å².